The van der Waals surface area contributed by atoms with Crippen LogP contribution in [0.4, 0.5) is 5.69 Å². The van der Waals surface area contributed by atoms with Gasteiger partial charge in [0.1, 0.15) is 0 Å². The standard InChI is InChI=1S/C22H23N3O5/c1-14(26)17-9-19-20(30-13-29-19)10-18(17)24-21(27)8-15-4-3-7-25(12-15)22(28)16-5-2-6-23-11-16/h2,5-6,9-11,15H,3-4,7-8,12-13H2,1H3,(H,24,27). The van der Waals surface area contributed by atoms with Gasteiger partial charge in [-0.25, -0.2) is 0 Å². The molecule has 1 aromatic heterocycles. The number of benzene rings is 1. The predicted molar refractivity (Wildman–Crippen MR) is 109 cm³/mol. The second-order valence-electron chi connectivity index (χ2n) is 7.56. The van der Waals surface area contributed by atoms with Gasteiger partial charge in [-0.3, -0.25) is 19.4 Å². The van der Waals surface area contributed by atoms with Crippen molar-refractivity contribution < 1.29 is 23.9 Å². The molecule has 8 heteroatoms. The van der Waals surface area contributed by atoms with E-state index in [1.807, 2.05) is 0 Å². The lowest BCUT2D eigenvalue weighted by molar-refractivity contribution is -0.117. The predicted octanol–water partition coefficient (Wildman–Crippen LogP) is 2.89. The van der Waals surface area contributed by atoms with E-state index in [-0.39, 0.29) is 36.7 Å². The Bertz CT molecular complexity index is 976. The lowest BCUT2D eigenvalue weighted by Gasteiger charge is -2.32. The summed E-state index contributed by atoms with van der Waals surface area (Å²) in [6.07, 6.45) is 5.16. The second-order valence-corrected chi connectivity index (χ2v) is 7.56. The summed E-state index contributed by atoms with van der Waals surface area (Å²) in [7, 11) is 0. The number of ketones is 1. The minimum absolute atomic E-state index is 0.0501. The number of ether oxygens (including phenoxy) is 2. The van der Waals surface area contributed by atoms with Crippen LogP contribution in [0.3, 0.4) is 0 Å². The van der Waals surface area contributed by atoms with Crippen molar-refractivity contribution in [2.75, 3.05) is 25.2 Å². The summed E-state index contributed by atoms with van der Waals surface area (Å²) in [6, 6.07) is 6.69. The van der Waals surface area contributed by atoms with Crippen molar-refractivity contribution in [1.82, 2.24) is 9.88 Å². The van der Waals surface area contributed by atoms with Crippen LogP contribution in [0.5, 0.6) is 11.5 Å². The molecule has 1 N–H and O–H groups in total. The molecule has 1 fully saturated rings. The number of hydrogen-bond acceptors (Lipinski definition) is 6. The van der Waals surface area contributed by atoms with Crippen LogP contribution in [0.1, 0.15) is 46.9 Å². The first-order valence-electron chi connectivity index (χ1n) is 9.95. The summed E-state index contributed by atoms with van der Waals surface area (Å²) >= 11 is 0. The number of aromatic nitrogens is 1. The summed E-state index contributed by atoms with van der Waals surface area (Å²) in [5.74, 6) is 0.611. The molecule has 2 amide bonds. The number of piperidine rings is 1. The van der Waals surface area contributed by atoms with Crippen LogP contribution in [-0.2, 0) is 4.79 Å². The van der Waals surface area contributed by atoms with Gasteiger partial charge in [-0.2, -0.15) is 0 Å². The van der Waals surface area contributed by atoms with Gasteiger partial charge >= 0.3 is 0 Å². The zero-order valence-corrected chi connectivity index (χ0v) is 16.7. The Morgan fingerprint density at radius 3 is 2.77 bits per heavy atom. The molecule has 8 nitrogen and oxygen atoms in total. The van der Waals surface area contributed by atoms with E-state index < -0.39 is 0 Å². The maximum Gasteiger partial charge on any atom is 0.255 e. The van der Waals surface area contributed by atoms with Gasteiger partial charge in [0.15, 0.2) is 17.3 Å². The second kappa shape index (κ2) is 8.52. The summed E-state index contributed by atoms with van der Waals surface area (Å²) in [5, 5.41) is 2.84. The normalized spacial score (nSPS) is 17.5. The zero-order chi connectivity index (χ0) is 21.1. The number of hydrogen-bond donors (Lipinski definition) is 1. The Morgan fingerprint density at radius 2 is 2.03 bits per heavy atom. The molecule has 1 atom stereocenters. The Labute approximate surface area is 174 Å². The van der Waals surface area contributed by atoms with Gasteiger partial charge in [0.05, 0.1) is 11.3 Å². The molecule has 0 saturated carbocycles. The number of rotatable bonds is 5. The number of carbonyl (C=O) groups excluding carboxylic acids is 3. The van der Waals surface area contributed by atoms with E-state index in [1.165, 1.54) is 6.92 Å². The molecular weight excluding hydrogens is 386 g/mol. The first kappa shape index (κ1) is 19.9. The molecule has 0 bridgehead atoms. The topological polar surface area (TPSA) is 97.8 Å². The average Bonchev–Trinajstić information content (AvgIpc) is 3.20. The molecule has 2 aliphatic rings. The fraction of sp³-hybridized carbons (Fsp3) is 0.364. The highest BCUT2D eigenvalue weighted by molar-refractivity contribution is 6.04. The minimum Gasteiger partial charge on any atom is -0.454 e. The molecule has 4 rings (SSSR count). The summed E-state index contributed by atoms with van der Waals surface area (Å²) in [4.78, 5) is 43.1. The largest absolute Gasteiger partial charge is 0.454 e. The van der Waals surface area contributed by atoms with Crippen molar-refractivity contribution in [2.24, 2.45) is 5.92 Å². The fourth-order valence-corrected chi connectivity index (χ4v) is 3.89. The van der Waals surface area contributed by atoms with E-state index in [0.29, 0.717) is 41.4 Å². The number of amides is 2. The molecule has 30 heavy (non-hydrogen) atoms. The number of fused-ring (bicyclic) bond motifs is 1. The highest BCUT2D eigenvalue weighted by Crippen LogP contribution is 2.37. The Kier molecular flexibility index (Phi) is 5.65. The number of nitrogens with one attached hydrogen (secondary N) is 1. The number of Topliss-reactive ketones (excluding diaryl/α,β-unsaturated/α-hetero) is 1. The highest BCUT2D eigenvalue weighted by Gasteiger charge is 2.27. The number of anilines is 1. The maximum absolute atomic E-state index is 12.7. The van der Waals surface area contributed by atoms with Crippen LogP contribution in [0, 0.1) is 5.92 Å². The lowest BCUT2D eigenvalue weighted by Crippen LogP contribution is -2.41. The van der Waals surface area contributed by atoms with Crippen LogP contribution >= 0.6 is 0 Å². The van der Waals surface area contributed by atoms with Crippen LogP contribution < -0.4 is 14.8 Å². The van der Waals surface area contributed by atoms with Crippen molar-refractivity contribution in [1.29, 1.82) is 0 Å². The van der Waals surface area contributed by atoms with E-state index in [2.05, 4.69) is 10.3 Å². The third-order valence-corrected chi connectivity index (χ3v) is 5.35. The molecule has 1 unspecified atom stereocenters. The van der Waals surface area contributed by atoms with Gasteiger partial charge in [-0.15, -0.1) is 0 Å². The quantitative estimate of drug-likeness (QED) is 0.763. The lowest BCUT2D eigenvalue weighted by atomic mass is 9.94. The third-order valence-electron chi connectivity index (χ3n) is 5.35. The van der Waals surface area contributed by atoms with Gasteiger partial charge in [0.25, 0.3) is 5.91 Å². The fourth-order valence-electron chi connectivity index (χ4n) is 3.89. The SMILES string of the molecule is CC(=O)c1cc2c(cc1NC(=O)CC1CCCN(C(=O)c3cccnc3)C1)OCO2. The number of pyridine rings is 1. The van der Waals surface area contributed by atoms with E-state index >= 15 is 0 Å². The third kappa shape index (κ3) is 4.27. The molecule has 0 aliphatic carbocycles. The molecule has 156 valence electrons. The van der Waals surface area contributed by atoms with E-state index in [4.69, 9.17) is 9.47 Å². The van der Waals surface area contributed by atoms with Gasteiger partial charge in [-0.1, -0.05) is 0 Å². The number of nitrogens with zero attached hydrogens (tertiary/aromatic N) is 2. The molecule has 1 saturated heterocycles. The van der Waals surface area contributed by atoms with Crippen molar-refractivity contribution in [3.8, 4) is 11.5 Å². The van der Waals surface area contributed by atoms with Crippen LogP contribution in [0.15, 0.2) is 36.7 Å². The van der Waals surface area contributed by atoms with Crippen molar-refractivity contribution in [3.63, 3.8) is 0 Å². The van der Waals surface area contributed by atoms with Crippen molar-refractivity contribution >= 4 is 23.3 Å². The summed E-state index contributed by atoms with van der Waals surface area (Å²) in [5.41, 5.74) is 1.34. The van der Waals surface area contributed by atoms with E-state index in [1.54, 1.807) is 41.6 Å². The first-order valence-corrected chi connectivity index (χ1v) is 9.95. The average molecular weight is 409 g/mol. The molecule has 2 aromatic rings. The highest BCUT2D eigenvalue weighted by atomic mass is 16.7. The van der Waals surface area contributed by atoms with Gasteiger partial charge < -0.3 is 19.7 Å². The molecule has 1 aromatic carbocycles. The smallest absolute Gasteiger partial charge is 0.255 e. The van der Waals surface area contributed by atoms with Crippen molar-refractivity contribution in [3.05, 3.63) is 47.8 Å². The Morgan fingerprint density at radius 1 is 1.23 bits per heavy atom. The number of carbonyl (C=O) groups is 3. The molecule has 2 aliphatic heterocycles. The number of likely N-dealkylation sites (tertiary alicyclic amines) is 1. The van der Waals surface area contributed by atoms with E-state index in [0.717, 1.165) is 12.8 Å². The van der Waals surface area contributed by atoms with Crippen molar-refractivity contribution in [2.45, 2.75) is 26.2 Å². The Balaban J connectivity index is 1.41. The first-order chi connectivity index (χ1) is 14.5. The summed E-state index contributed by atoms with van der Waals surface area (Å²) < 4.78 is 10.7. The summed E-state index contributed by atoms with van der Waals surface area (Å²) in [6.45, 7) is 2.72. The van der Waals surface area contributed by atoms with Gasteiger partial charge in [0.2, 0.25) is 12.7 Å². The molecule has 3 heterocycles. The minimum atomic E-state index is -0.197. The Hall–Kier alpha value is -3.42. The maximum atomic E-state index is 12.7. The molecular formula is C22H23N3O5. The molecule has 0 radical (unpaired) electrons. The van der Waals surface area contributed by atoms with Crippen LogP contribution in [-0.4, -0.2) is 47.4 Å². The monoisotopic (exact) mass is 409 g/mol. The van der Waals surface area contributed by atoms with Gasteiger partial charge in [-0.05, 0) is 43.9 Å². The van der Waals surface area contributed by atoms with E-state index in [9.17, 15) is 14.4 Å². The molecule has 0 spiro atoms. The van der Waals surface area contributed by atoms with Crippen LogP contribution in [0.25, 0.3) is 0 Å². The zero-order valence-electron chi connectivity index (χ0n) is 16.7. The van der Waals surface area contributed by atoms with Gasteiger partial charge in [0, 0.05) is 43.5 Å². The van der Waals surface area contributed by atoms with Crippen LogP contribution in [0.2, 0.25) is 0 Å².